The van der Waals surface area contributed by atoms with Crippen LogP contribution in [-0.4, -0.2) is 42.4 Å². The van der Waals surface area contributed by atoms with E-state index in [9.17, 15) is 14.3 Å². The second kappa shape index (κ2) is 6.99. The zero-order valence-corrected chi connectivity index (χ0v) is 18.1. The van der Waals surface area contributed by atoms with Gasteiger partial charge in [-0.2, -0.15) is 0 Å². The molecular weight excluding hydrogens is 473 g/mol. The number of rotatable bonds is 3. The second-order valence-electron chi connectivity index (χ2n) is 7.78. The number of amides is 1. The molecule has 0 aliphatic carbocycles. The number of H-pyrrole nitrogens is 1. The number of benzene rings is 1. The number of hydrogen-bond acceptors (Lipinski definition) is 7. The number of nitrogens with one attached hydrogen (secondary N) is 1. The van der Waals surface area contributed by atoms with E-state index in [-0.39, 0.29) is 22.1 Å². The SMILES string of the molecule is CC(C)(O)c1nc(Br)c(C(=O)N2CCc3[nH]cnc3[C@H]2c2nc3cc(F)ccc3o2)o1. The van der Waals surface area contributed by atoms with Gasteiger partial charge in [-0.1, -0.05) is 0 Å². The zero-order chi connectivity index (χ0) is 21.9. The number of aromatic nitrogens is 4. The molecule has 0 fully saturated rings. The third-order valence-corrected chi connectivity index (χ3v) is 5.63. The fraction of sp³-hybridized carbons (Fsp3) is 0.300. The van der Waals surface area contributed by atoms with E-state index in [1.165, 1.54) is 36.9 Å². The molecule has 0 saturated carbocycles. The van der Waals surface area contributed by atoms with Gasteiger partial charge in [0.1, 0.15) is 16.9 Å². The summed E-state index contributed by atoms with van der Waals surface area (Å²) in [6.07, 6.45) is 2.08. The molecule has 0 saturated heterocycles. The lowest BCUT2D eigenvalue weighted by molar-refractivity contribution is 0.0436. The van der Waals surface area contributed by atoms with Crippen molar-refractivity contribution in [3.05, 3.63) is 63.9 Å². The summed E-state index contributed by atoms with van der Waals surface area (Å²) in [4.78, 5) is 31.0. The van der Waals surface area contributed by atoms with Gasteiger partial charge in [-0.15, -0.1) is 0 Å². The van der Waals surface area contributed by atoms with Crippen LogP contribution < -0.4 is 0 Å². The van der Waals surface area contributed by atoms with Crippen LogP contribution >= 0.6 is 15.9 Å². The summed E-state index contributed by atoms with van der Waals surface area (Å²) >= 11 is 3.25. The van der Waals surface area contributed by atoms with Crippen molar-refractivity contribution in [2.75, 3.05) is 6.54 Å². The van der Waals surface area contributed by atoms with Crippen molar-refractivity contribution in [3.63, 3.8) is 0 Å². The number of fused-ring (bicyclic) bond motifs is 2. The Labute approximate surface area is 183 Å². The highest BCUT2D eigenvalue weighted by Crippen LogP contribution is 2.37. The average molecular weight is 490 g/mol. The van der Waals surface area contributed by atoms with E-state index in [1.807, 2.05) is 0 Å². The highest BCUT2D eigenvalue weighted by atomic mass is 79.9. The summed E-state index contributed by atoms with van der Waals surface area (Å²) in [5.74, 6) is -0.742. The van der Waals surface area contributed by atoms with Crippen molar-refractivity contribution in [1.29, 1.82) is 0 Å². The number of carbonyl (C=O) groups is 1. The Hall–Kier alpha value is -3.05. The van der Waals surface area contributed by atoms with E-state index in [1.54, 1.807) is 6.33 Å². The third kappa shape index (κ3) is 3.33. The number of imidazole rings is 1. The van der Waals surface area contributed by atoms with E-state index < -0.39 is 23.4 Å². The summed E-state index contributed by atoms with van der Waals surface area (Å²) in [5, 5.41) is 10.2. The lowest BCUT2D eigenvalue weighted by atomic mass is 10.0. The van der Waals surface area contributed by atoms with E-state index >= 15 is 0 Å². The summed E-state index contributed by atoms with van der Waals surface area (Å²) < 4.78 is 25.3. The first kappa shape index (κ1) is 19.9. The summed E-state index contributed by atoms with van der Waals surface area (Å²) in [6.45, 7) is 3.35. The number of aliphatic hydroxyl groups is 1. The number of carbonyl (C=O) groups excluding carboxylic acids is 1. The molecule has 5 rings (SSSR count). The average Bonchev–Trinajstić information content (AvgIpc) is 3.43. The van der Waals surface area contributed by atoms with Crippen molar-refractivity contribution >= 4 is 32.9 Å². The van der Waals surface area contributed by atoms with Crippen molar-refractivity contribution in [2.24, 2.45) is 0 Å². The molecule has 1 aliphatic rings. The Morgan fingerprint density at radius 3 is 2.90 bits per heavy atom. The summed E-state index contributed by atoms with van der Waals surface area (Å²) in [5.41, 5.74) is 0.829. The van der Waals surface area contributed by atoms with Crippen LogP contribution in [0.4, 0.5) is 4.39 Å². The lowest BCUT2D eigenvalue weighted by Gasteiger charge is -2.32. The molecule has 0 spiro atoms. The first-order valence-corrected chi connectivity index (χ1v) is 10.3. The minimum atomic E-state index is -1.36. The fourth-order valence-corrected chi connectivity index (χ4v) is 4.02. The topological polar surface area (TPSA) is 121 Å². The number of nitrogens with zero attached hydrogens (tertiary/aromatic N) is 4. The maximum Gasteiger partial charge on any atom is 0.293 e. The first-order valence-electron chi connectivity index (χ1n) is 9.50. The van der Waals surface area contributed by atoms with Crippen LogP contribution in [0.5, 0.6) is 0 Å². The molecule has 9 nitrogen and oxygen atoms in total. The molecule has 3 aromatic heterocycles. The minimum absolute atomic E-state index is 0.00841. The molecule has 1 aliphatic heterocycles. The standard InChI is InChI=1S/C20H17BrFN5O4/c1-20(2,29)19-26-16(21)15(31-19)18(28)27-6-5-10-13(24-8-23-10)14(27)17-25-11-7-9(22)3-4-12(11)30-17/h3-4,7-8,14,29H,5-6H2,1-2H3,(H,23,24)/t14-/m0/s1. The molecule has 4 aromatic rings. The van der Waals surface area contributed by atoms with Gasteiger partial charge in [0.05, 0.1) is 12.0 Å². The van der Waals surface area contributed by atoms with Gasteiger partial charge in [-0.05, 0) is 41.9 Å². The molecule has 2 N–H and O–H groups in total. The molecule has 31 heavy (non-hydrogen) atoms. The Bertz CT molecular complexity index is 1300. The predicted molar refractivity (Wildman–Crippen MR) is 109 cm³/mol. The van der Waals surface area contributed by atoms with Gasteiger partial charge in [-0.3, -0.25) is 4.79 Å². The van der Waals surface area contributed by atoms with Gasteiger partial charge in [0.25, 0.3) is 5.91 Å². The number of hydrogen-bond donors (Lipinski definition) is 2. The van der Waals surface area contributed by atoms with Crippen LogP contribution in [0.2, 0.25) is 0 Å². The largest absolute Gasteiger partial charge is 0.438 e. The molecule has 4 heterocycles. The van der Waals surface area contributed by atoms with Crippen molar-refractivity contribution in [1.82, 2.24) is 24.8 Å². The van der Waals surface area contributed by atoms with Crippen molar-refractivity contribution in [2.45, 2.75) is 31.9 Å². The molecule has 1 aromatic carbocycles. The quantitative estimate of drug-likeness (QED) is 0.451. The van der Waals surface area contributed by atoms with Gasteiger partial charge < -0.3 is 23.8 Å². The van der Waals surface area contributed by atoms with Gasteiger partial charge >= 0.3 is 0 Å². The molecule has 0 unspecified atom stereocenters. The Morgan fingerprint density at radius 1 is 1.35 bits per heavy atom. The van der Waals surface area contributed by atoms with Crippen LogP contribution in [0.3, 0.4) is 0 Å². The molecule has 11 heteroatoms. The smallest absolute Gasteiger partial charge is 0.293 e. The van der Waals surface area contributed by atoms with Crippen LogP contribution in [0.1, 0.15) is 53.6 Å². The molecule has 1 atom stereocenters. The Balaban J connectivity index is 1.60. The zero-order valence-electron chi connectivity index (χ0n) is 16.5. The minimum Gasteiger partial charge on any atom is -0.438 e. The van der Waals surface area contributed by atoms with Gasteiger partial charge in [0.15, 0.2) is 16.2 Å². The van der Waals surface area contributed by atoms with Crippen LogP contribution in [0, 0.1) is 5.82 Å². The maximum absolute atomic E-state index is 13.6. The van der Waals surface area contributed by atoms with Crippen molar-refractivity contribution in [3.8, 4) is 0 Å². The molecule has 0 bridgehead atoms. The van der Waals surface area contributed by atoms with E-state index in [2.05, 4.69) is 35.9 Å². The number of aromatic amines is 1. The van der Waals surface area contributed by atoms with Gasteiger partial charge in [-0.25, -0.2) is 19.3 Å². The first-order chi connectivity index (χ1) is 14.7. The van der Waals surface area contributed by atoms with E-state index in [0.717, 1.165) is 5.69 Å². The fourth-order valence-electron chi connectivity index (χ4n) is 3.61. The number of oxazole rings is 2. The normalized spacial score (nSPS) is 16.7. The highest BCUT2D eigenvalue weighted by molar-refractivity contribution is 9.10. The third-order valence-electron chi connectivity index (χ3n) is 5.09. The monoisotopic (exact) mass is 489 g/mol. The van der Waals surface area contributed by atoms with E-state index in [4.69, 9.17) is 8.83 Å². The molecular formula is C20H17BrFN5O4. The maximum atomic E-state index is 13.6. The molecule has 0 radical (unpaired) electrons. The summed E-state index contributed by atoms with van der Waals surface area (Å²) in [7, 11) is 0. The lowest BCUT2D eigenvalue weighted by Crippen LogP contribution is -2.41. The highest BCUT2D eigenvalue weighted by Gasteiger charge is 2.40. The molecule has 160 valence electrons. The van der Waals surface area contributed by atoms with Crippen LogP contribution in [-0.2, 0) is 12.0 Å². The second-order valence-corrected chi connectivity index (χ2v) is 8.53. The molecule has 1 amide bonds. The predicted octanol–water partition coefficient (Wildman–Crippen LogP) is 3.46. The van der Waals surface area contributed by atoms with Crippen LogP contribution in [0.25, 0.3) is 11.1 Å². The van der Waals surface area contributed by atoms with Gasteiger partial charge in [0.2, 0.25) is 17.5 Å². The Morgan fingerprint density at radius 2 is 2.16 bits per heavy atom. The number of halogens is 2. The van der Waals surface area contributed by atoms with Gasteiger partial charge in [0, 0.05) is 24.7 Å². The van der Waals surface area contributed by atoms with Crippen molar-refractivity contribution < 1.29 is 23.1 Å². The van der Waals surface area contributed by atoms with Crippen LogP contribution in [0.15, 0.2) is 38.0 Å². The Kier molecular flexibility index (Phi) is 4.48. The summed E-state index contributed by atoms with van der Waals surface area (Å²) in [6, 6.07) is 3.29. The van der Waals surface area contributed by atoms with E-state index in [0.29, 0.717) is 29.8 Å².